The summed E-state index contributed by atoms with van der Waals surface area (Å²) in [6.45, 7) is 3.74. The molecular weight excluding hydrogens is 220 g/mol. The van der Waals surface area contributed by atoms with E-state index in [4.69, 9.17) is 4.42 Å². The lowest BCUT2D eigenvalue weighted by Crippen LogP contribution is -2.61. The van der Waals surface area contributed by atoms with Gasteiger partial charge in [-0.15, -0.1) is 0 Å². The number of rotatable bonds is 4. The van der Waals surface area contributed by atoms with Crippen LogP contribution < -0.4 is 0 Å². The summed E-state index contributed by atoms with van der Waals surface area (Å²) in [4.78, 5) is 15.4. The lowest BCUT2D eigenvalue weighted by Gasteiger charge is -2.44. The van der Waals surface area contributed by atoms with Gasteiger partial charge in [0.1, 0.15) is 5.76 Å². The second kappa shape index (κ2) is 4.50. The molecule has 0 aromatic carbocycles. The summed E-state index contributed by atoms with van der Waals surface area (Å²) in [5.41, 5.74) is -0.625. The average Bonchev–Trinajstić information content (AvgIpc) is 2.67. The van der Waals surface area contributed by atoms with Crippen LogP contribution in [-0.4, -0.2) is 53.1 Å². The van der Waals surface area contributed by atoms with Gasteiger partial charge in [-0.05, 0) is 19.1 Å². The monoisotopic (exact) mass is 238 g/mol. The van der Waals surface area contributed by atoms with E-state index in [1.807, 2.05) is 11.0 Å². The van der Waals surface area contributed by atoms with Gasteiger partial charge in [0.05, 0.1) is 25.0 Å². The molecule has 1 aromatic heterocycles. The van der Waals surface area contributed by atoms with Crippen molar-refractivity contribution < 1.29 is 14.3 Å². The molecule has 5 heteroatoms. The van der Waals surface area contributed by atoms with Crippen LogP contribution in [0.3, 0.4) is 0 Å². The van der Waals surface area contributed by atoms with E-state index in [0.29, 0.717) is 26.2 Å². The molecule has 0 aliphatic carbocycles. The van der Waals surface area contributed by atoms with Gasteiger partial charge in [0, 0.05) is 20.1 Å². The van der Waals surface area contributed by atoms with Crippen molar-refractivity contribution in [1.82, 2.24) is 9.80 Å². The number of β-amino-alcohol motifs (C(OH)–C–C–N with tert-alkyl or cyclic N) is 1. The zero-order chi connectivity index (χ0) is 12.5. The minimum atomic E-state index is -0.625. The highest BCUT2D eigenvalue weighted by Gasteiger charge is 2.37. The minimum absolute atomic E-state index is 0.0388. The summed E-state index contributed by atoms with van der Waals surface area (Å²) in [6, 6.07) is 3.65. The topological polar surface area (TPSA) is 56.9 Å². The quantitative estimate of drug-likeness (QED) is 0.820. The zero-order valence-corrected chi connectivity index (χ0v) is 10.2. The Hall–Kier alpha value is -1.33. The van der Waals surface area contributed by atoms with Crippen molar-refractivity contribution in [3.05, 3.63) is 24.2 Å². The molecule has 0 saturated carbocycles. The van der Waals surface area contributed by atoms with Gasteiger partial charge in [-0.25, -0.2) is 0 Å². The third-order valence-electron chi connectivity index (χ3n) is 2.89. The van der Waals surface area contributed by atoms with E-state index in [0.717, 1.165) is 5.76 Å². The lowest BCUT2D eigenvalue weighted by molar-refractivity contribution is -0.139. The minimum Gasteiger partial charge on any atom is -0.467 e. The van der Waals surface area contributed by atoms with Gasteiger partial charge < -0.3 is 14.4 Å². The largest absolute Gasteiger partial charge is 0.467 e. The molecule has 0 atom stereocenters. The molecule has 0 spiro atoms. The highest BCUT2D eigenvalue weighted by Crippen LogP contribution is 2.19. The van der Waals surface area contributed by atoms with Gasteiger partial charge in [-0.3, -0.25) is 9.69 Å². The van der Waals surface area contributed by atoms with Gasteiger partial charge >= 0.3 is 0 Å². The van der Waals surface area contributed by atoms with Crippen molar-refractivity contribution in [2.75, 3.05) is 26.7 Å². The van der Waals surface area contributed by atoms with E-state index in [2.05, 4.69) is 0 Å². The fraction of sp³-hybridized carbons (Fsp3) is 0.583. The fourth-order valence-electron chi connectivity index (χ4n) is 2.07. The predicted molar refractivity (Wildman–Crippen MR) is 62.2 cm³/mol. The Bertz CT molecular complexity index is 378. The van der Waals surface area contributed by atoms with Crippen molar-refractivity contribution in [3.8, 4) is 0 Å². The molecule has 1 aliphatic rings. The van der Waals surface area contributed by atoms with Crippen molar-refractivity contribution in [2.24, 2.45) is 0 Å². The Kier molecular flexibility index (Phi) is 3.22. The summed E-state index contributed by atoms with van der Waals surface area (Å²) in [6.07, 6.45) is 1.60. The van der Waals surface area contributed by atoms with Crippen LogP contribution in [0.1, 0.15) is 12.7 Å². The number of nitrogens with zero attached hydrogens (tertiary/aromatic N) is 2. The molecule has 1 N–H and O–H groups in total. The van der Waals surface area contributed by atoms with E-state index in [9.17, 15) is 9.90 Å². The highest BCUT2D eigenvalue weighted by molar-refractivity contribution is 5.78. The van der Waals surface area contributed by atoms with Crippen LogP contribution in [0.25, 0.3) is 0 Å². The molecule has 1 fully saturated rings. The molecule has 17 heavy (non-hydrogen) atoms. The lowest BCUT2D eigenvalue weighted by atomic mass is 9.97. The van der Waals surface area contributed by atoms with Gasteiger partial charge in [0.2, 0.25) is 5.91 Å². The summed E-state index contributed by atoms with van der Waals surface area (Å²) in [5, 5.41) is 9.56. The number of furan rings is 1. The molecule has 5 nitrogen and oxygen atoms in total. The smallest absolute Gasteiger partial charge is 0.236 e. The number of aliphatic hydroxyl groups is 1. The molecule has 94 valence electrons. The number of carbonyl (C=O) groups is 1. The van der Waals surface area contributed by atoms with Crippen LogP contribution in [0.4, 0.5) is 0 Å². The number of hydrogen-bond acceptors (Lipinski definition) is 4. The number of carbonyl (C=O) groups excluding carboxylic acids is 1. The Balaban J connectivity index is 1.76. The maximum absolute atomic E-state index is 11.8. The predicted octanol–water partition coefficient (Wildman–Crippen LogP) is 0.305. The normalized spacial score (nSPS) is 18.8. The third-order valence-corrected chi connectivity index (χ3v) is 2.89. The SMILES string of the molecule is CN(Cc1ccco1)C(=O)CN1CC(C)(O)C1. The first-order valence-corrected chi connectivity index (χ1v) is 5.67. The molecular formula is C12H18N2O3. The number of likely N-dealkylation sites (N-methyl/N-ethyl adjacent to an activating group) is 1. The molecule has 0 unspecified atom stereocenters. The highest BCUT2D eigenvalue weighted by atomic mass is 16.3. The van der Waals surface area contributed by atoms with Crippen molar-refractivity contribution in [1.29, 1.82) is 0 Å². The van der Waals surface area contributed by atoms with Crippen molar-refractivity contribution in [2.45, 2.75) is 19.1 Å². The summed E-state index contributed by atoms with van der Waals surface area (Å²) in [5.74, 6) is 0.813. The molecule has 1 aliphatic heterocycles. The third kappa shape index (κ3) is 3.08. The standard InChI is InChI=1S/C12H18N2O3/c1-12(16)8-14(9-12)7-11(15)13(2)6-10-4-3-5-17-10/h3-5,16H,6-9H2,1-2H3. The Morgan fingerprint density at radius 1 is 1.65 bits per heavy atom. The second-order valence-corrected chi connectivity index (χ2v) is 4.97. The Morgan fingerprint density at radius 2 is 2.35 bits per heavy atom. The summed E-state index contributed by atoms with van der Waals surface area (Å²) >= 11 is 0. The van der Waals surface area contributed by atoms with Crippen LogP contribution >= 0.6 is 0 Å². The molecule has 2 heterocycles. The maximum Gasteiger partial charge on any atom is 0.236 e. The van der Waals surface area contributed by atoms with Crippen LogP contribution in [0, 0.1) is 0 Å². The molecule has 0 bridgehead atoms. The molecule has 0 radical (unpaired) electrons. The van der Waals surface area contributed by atoms with Gasteiger partial charge in [0.15, 0.2) is 0 Å². The first kappa shape index (κ1) is 12.1. The van der Waals surface area contributed by atoms with Gasteiger partial charge in [-0.2, -0.15) is 0 Å². The van der Waals surface area contributed by atoms with Crippen LogP contribution in [0.5, 0.6) is 0 Å². The Morgan fingerprint density at radius 3 is 2.88 bits per heavy atom. The van der Waals surface area contributed by atoms with Gasteiger partial charge in [-0.1, -0.05) is 0 Å². The first-order chi connectivity index (χ1) is 7.96. The molecule has 2 rings (SSSR count). The summed E-state index contributed by atoms with van der Waals surface area (Å²) in [7, 11) is 1.75. The van der Waals surface area contributed by atoms with E-state index in [1.165, 1.54) is 0 Å². The van der Waals surface area contributed by atoms with Crippen molar-refractivity contribution in [3.63, 3.8) is 0 Å². The van der Waals surface area contributed by atoms with Crippen LogP contribution in [0.15, 0.2) is 22.8 Å². The van der Waals surface area contributed by atoms with Gasteiger partial charge in [0.25, 0.3) is 0 Å². The van der Waals surface area contributed by atoms with E-state index in [-0.39, 0.29) is 5.91 Å². The van der Waals surface area contributed by atoms with E-state index >= 15 is 0 Å². The Labute approximate surface area is 101 Å². The van der Waals surface area contributed by atoms with Crippen LogP contribution in [-0.2, 0) is 11.3 Å². The van der Waals surface area contributed by atoms with Crippen molar-refractivity contribution >= 4 is 5.91 Å². The summed E-state index contributed by atoms with van der Waals surface area (Å²) < 4.78 is 5.19. The first-order valence-electron chi connectivity index (χ1n) is 5.67. The zero-order valence-electron chi connectivity index (χ0n) is 10.2. The van der Waals surface area contributed by atoms with Crippen LogP contribution in [0.2, 0.25) is 0 Å². The van der Waals surface area contributed by atoms with E-state index in [1.54, 1.807) is 31.2 Å². The molecule has 1 aromatic rings. The molecule has 1 saturated heterocycles. The second-order valence-electron chi connectivity index (χ2n) is 4.97. The average molecular weight is 238 g/mol. The van der Waals surface area contributed by atoms with E-state index < -0.39 is 5.60 Å². The number of hydrogen-bond donors (Lipinski definition) is 1. The molecule has 1 amide bonds. The fourth-order valence-corrected chi connectivity index (χ4v) is 2.07. The number of amides is 1. The number of likely N-dealkylation sites (tertiary alicyclic amines) is 1. The maximum atomic E-state index is 11.8.